The van der Waals surface area contributed by atoms with Crippen LogP contribution >= 0.6 is 0 Å². The Kier molecular flexibility index (Phi) is 2.63. The number of anilines is 2. The number of phenols is 1. The van der Waals surface area contributed by atoms with Gasteiger partial charge in [0.2, 0.25) is 0 Å². The number of para-hydroxylation sites is 1. The second-order valence-corrected chi connectivity index (χ2v) is 10.0. The van der Waals surface area contributed by atoms with Crippen LogP contribution in [0.1, 0.15) is 0 Å². The van der Waals surface area contributed by atoms with E-state index in [1.807, 2.05) is 12.1 Å². The van der Waals surface area contributed by atoms with Crippen molar-refractivity contribution < 1.29 is 5.11 Å². The van der Waals surface area contributed by atoms with E-state index >= 15 is 0 Å². The number of rotatable bonds is 1. The Balaban J connectivity index is 1.87. The van der Waals surface area contributed by atoms with E-state index in [1.54, 1.807) is 6.07 Å². The quantitative estimate of drug-likeness (QED) is 0.767. The van der Waals surface area contributed by atoms with Crippen LogP contribution in [0.3, 0.4) is 0 Å². The summed E-state index contributed by atoms with van der Waals surface area (Å²) in [6.45, 7) is 0. The fraction of sp³-hybridized carbons (Fsp3) is 0.0625. The molecule has 2 aliphatic rings. The molecule has 2 aromatic carbocycles. The fourth-order valence-corrected chi connectivity index (χ4v) is 9.18. The second kappa shape index (κ2) is 4.37. The number of hydrogen-bond donors (Lipinski definition) is 1. The molecule has 0 saturated carbocycles. The maximum absolute atomic E-state index is 9.71. The average molecular weight is 378 g/mol. The zero-order valence-corrected chi connectivity index (χ0v) is 13.4. The molecular formula is C16H14N2OTe. The average Bonchev–Trinajstić information content (AvgIpc) is 3.01. The molecule has 4 heteroatoms. The first-order valence-corrected chi connectivity index (χ1v) is 9.83. The van der Waals surface area contributed by atoms with Crippen LogP contribution in [0.4, 0.5) is 11.4 Å². The summed E-state index contributed by atoms with van der Waals surface area (Å²) in [5, 5.41) is 9.71. The molecule has 100 valence electrons. The van der Waals surface area contributed by atoms with Gasteiger partial charge in [0.05, 0.1) is 0 Å². The maximum atomic E-state index is 9.71. The van der Waals surface area contributed by atoms with Crippen molar-refractivity contribution in [3.8, 4) is 5.75 Å². The van der Waals surface area contributed by atoms with Crippen LogP contribution in [-0.2, 0) is 0 Å². The number of fused-ring (bicyclic) bond motifs is 2. The van der Waals surface area contributed by atoms with Gasteiger partial charge < -0.3 is 0 Å². The Morgan fingerprint density at radius 3 is 2.65 bits per heavy atom. The van der Waals surface area contributed by atoms with Crippen molar-refractivity contribution in [3.63, 3.8) is 0 Å². The first-order chi connectivity index (χ1) is 9.75. The van der Waals surface area contributed by atoms with Crippen LogP contribution in [0, 0.1) is 0 Å². The third-order valence-electron chi connectivity index (χ3n) is 3.60. The van der Waals surface area contributed by atoms with E-state index in [2.05, 4.69) is 57.7 Å². The molecule has 0 aliphatic carbocycles. The molecule has 0 saturated heterocycles. The van der Waals surface area contributed by atoms with E-state index in [0.29, 0.717) is 5.75 Å². The summed E-state index contributed by atoms with van der Waals surface area (Å²) >= 11 is -1.77. The van der Waals surface area contributed by atoms with Gasteiger partial charge in [-0.1, -0.05) is 0 Å². The van der Waals surface area contributed by atoms with Crippen LogP contribution in [0.5, 0.6) is 5.75 Å². The summed E-state index contributed by atoms with van der Waals surface area (Å²) in [4.78, 5) is 2.23. The molecule has 0 atom stereocenters. The third kappa shape index (κ3) is 1.62. The van der Waals surface area contributed by atoms with Gasteiger partial charge in [0.25, 0.3) is 0 Å². The van der Waals surface area contributed by atoms with E-state index in [0.717, 1.165) is 5.69 Å². The van der Waals surface area contributed by atoms with Crippen molar-refractivity contribution in [2.45, 2.75) is 0 Å². The Morgan fingerprint density at radius 2 is 1.85 bits per heavy atom. The van der Waals surface area contributed by atoms with Crippen molar-refractivity contribution in [2.75, 3.05) is 15.1 Å². The molecule has 2 aromatic rings. The number of likely N-dealkylation sites (N-methyl/N-ethyl adjacent to an activating group) is 1. The molecule has 2 heterocycles. The fourth-order valence-electron chi connectivity index (χ4n) is 2.63. The standard InChI is InChI=1S/C16H14N2OTe/c1-17-14-11-13(19)7-8-15(14)20-16(17)9-10-18(20)12-5-3-2-4-6-12/h2-11,19H,1H3. The van der Waals surface area contributed by atoms with Crippen molar-refractivity contribution in [3.05, 3.63) is 60.8 Å². The first kappa shape index (κ1) is 12.0. The molecule has 0 bridgehead atoms. The normalized spacial score (nSPS) is 16.8. The zero-order chi connectivity index (χ0) is 13.7. The van der Waals surface area contributed by atoms with Gasteiger partial charge in [0, 0.05) is 0 Å². The molecule has 4 rings (SSSR count). The summed E-state index contributed by atoms with van der Waals surface area (Å²) in [5.74, 6) is 0.339. The minimum absolute atomic E-state index is 0.339. The number of phenolic OH excluding ortho intramolecular Hbond substituents is 1. The molecule has 1 N–H and O–H groups in total. The Morgan fingerprint density at radius 1 is 1.05 bits per heavy atom. The summed E-state index contributed by atoms with van der Waals surface area (Å²) in [5.41, 5.74) is 2.41. The molecule has 2 aliphatic heterocycles. The van der Waals surface area contributed by atoms with Crippen LogP contribution in [0.25, 0.3) is 0 Å². The van der Waals surface area contributed by atoms with Crippen LogP contribution in [0.15, 0.2) is 60.8 Å². The van der Waals surface area contributed by atoms with Gasteiger partial charge in [-0.2, -0.15) is 0 Å². The number of hydrogen-bond acceptors (Lipinski definition) is 3. The van der Waals surface area contributed by atoms with Gasteiger partial charge in [-0.25, -0.2) is 0 Å². The molecule has 0 amide bonds. The molecule has 0 aromatic heterocycles. The molecule has 0 radical (unpaired) electrons. The summed E-state index contributed by atoms with van der Waals surface area (Å²) in [6, 6.07) is 16.3. The second-order valence-electron chi connectivity index (χ2n) is 4.81. The third-order valence-corrected chi connectivity index (χ3v) is 10.1. The molecule has 0 fully saturated rings. The zero-order valence-electron chi connectivity index (χ0n) is 11.0. The number of benzene rings is 2. The molecular weight excluding hydrogens is 364 g/mol. The molecule has 0 unspecified atom stereocenters. The van der Waals surface area contributed by atoms with Crippen molar-refractivity contribution in [1.29, 1.82) is 0 Å². The van der Waals surface area contributed by atoms with Crippen molar-refractivity contribution >= 4 is 38.0 Å². The van der Waals surface area contributed by atoms with E-state index in [4.69, 9.17) is 0 Å². The van der Waals surface area contributed by atoms with Gasteiger partial charge in [0.15, 0.2) is 0 Å². The predicted octanol–water partition coefficient (Wildman–Crippen LogP) is 1.79. The number of nitrogens with zero attached hydrogens (tertiary/aromatic N) is 2. The van der Waals surface area contributed by atoms with Gasteiger partial charge >= 0.3 is 125 Å². The van der Waals surface area contributed by atoms with E-state index in [1.165, 1.54) is 13.0 Å². The topological polar surface area (TPSA) is 26.7 Å². The molecule has 20 heavy (non-hydrogen) atoms. The van der Waals surface area contributed by atoms with Gasteiger partial charge in [-0.3, -0.25) is 0 Å². The first-order valence-electron chi connectivity index (χ1n) is 6.46. The molecule has 3 nitrogen and oxygen atoms in total. The Labute approximate surface area is 124 Å². The summed E-state index contributed by atoms with van der Waals surface area (Å²) in [7, 11) is 2.09. The minimum atomic E-state index is -1.77. The van der Waals surface area contributed by atoms with Gasteiger partial charge in [-0.15, -0.1) is 0 Å². The predicted molar refractivity (Wildman–Crippen MR) is 85.0 cm³/mol. The van der Waals surface area contributed by atoms with E-state index < -0.39 is 19.3 Å². The van der Waals surface area contributed by atoms with Crippen molar-refractivity contribution in [1.82, 2.24) is 0 Å². The van der Waals surface area contributed by atoms with Gasteiger partial charge in [-0.05, 0) is 0 Å². The summed E-state index contributed by atoms with van der Waals surface area (Å²) in [6.07, 6.45) is 4.43. The van der Waals surface area contributed by atoms with E-state index in [9.17, 15) is 5.11 Å². The molecule has 0 spiro atoms. The van der Waals surface area contributed by atoms with E-state index in [-0.39, 0.29) is 0 Å². The number of aromatic hydroxyl groups is 1. The Hall–Kier alpha value is -1.76. The monoisotopic (exact) mass is 380 g/mol. The van der Waals surface area contributed by atoms with Crippen molar-refractivity contribution in [2.24, 2.45) is 0 Å². The van der Waals surface area contributed by atoms with Crippen LogP contribution in [-0.4, -0.2) is 35.2 Å². The SMILES string of the molecule is CN1C2=[Te](c3ccc(O)cc31)N(c1ccccc1)C=C2. The van der Waals surface area contributed by atoms with Gasteiger partial charge in [0.1, 0.15) is 0 Å². The van der Waals surface area contributed by atoms with Crippen LogP contribution in [0.2, 0.25) is 0 Å². The summed E-state index contributed by atoms with van der Waals surface area (Å²) < 4.78 is 5.26. The van der Waals surface area contributed by atoms with Crippen LogP contribution < -0.4 is 11.7 Å². The Bertz CT molecular complexity index is 752.